The van der Waals surface area contributed by atoms with Gasteiger partial charge in [-0.3, -0.25) is 28.9 Å². The number of likely N-dealkylation sites (N-methyl/N-ethyl adjacent to an activating group) is 1. The maximum absolute atomic E-state index is 13.0. The minimum Gasteiger partial charge on any atom is -0.483 e. The minimum absolute atomic E-state index is 0.0148. The van der Waals surface area contributed by atoms with Crippen LogP contribution in [0.3, 0.4) is 0 Å². The zero-order valence-electron chi connectivity index (χ0n) is 19.1. The molecule has 0 bridgehead atoms. The summed E-state index contributed by atoms with van der Waals surface area (Å²) < 4.78 is 5.38. The van der Waals surface area contributed by atoms with Crippen molar-refractivity contribution in [1.82, 2.24) is 20.9 Å². The van der Waals surface area contributed by atoms with E-state index < -0.39 is 36.3 Å². The summed E-state index contributed by atoms with van der Waals surface area (Å²) in [6.45, 7) is 10.4. The van der Waals surface area contributed by atoms with Crippen LogP contribution >= 0.6 is 0 Å². The van der Waals surface area contributed by atoms with Crippen molar-refractivity contribution in [2.45, 2.75) is 45.2 Å². The standard InChI is InChI=1S/C22H30N4O7/c1-6-16(33-12-18(29)24-10-9-17(28)25-13(2)3)19-14(4)21(31)26(22(19)32)15(8-7-11-27)20(30)23-5/h6,11,13,15H,1,4,7-10,12H2,2-3,5H3,(H,23,30)(H,24,29)(H,25,28)/b19-16-. The Morgan fingerprint density at radius 3 is 2.36 bits per heavy atom. The Morgan fingerprint density at radius 2 is 1.82 bits per heavy atom. The third-order valence-electron chi connectivity index (χ3n) is 4.54. The van der Waals surface area contributed by atoms with Crippen molar-refractivity contribution in [3.8, 4) is 0 Å². The number of likely N-dealkylation sites (tertiary alicyclic amines) is 1. The zero-order chi connectivity index (χ0) is 25.1. The number of ether oxygens (including phenoxy) is 1. The van der Waals surface area contributed by atoms with E-state index in [-0.39, 0.29) is 54.7 Å². The van der Waals surface area contributed by atoms with Crippen LogP contribution < -0.4 is 16.0 Å². The highest BCUT2D eigenvalue weighted by molar-refractivity contribution is 6.26. The maximum Gasteiger partial charge on any atom is 0.266 e. The van der Waals surface area contributed by atoms with Crippen molar-refractivity contribution in [1.29, 1.82) is 0 Å². The third-order valence-corrected chi connectivity index (χ3v) is 4.54. The molecule has 1 atom stereocenters. The van der Waals surface area contributed by atoms with Crippen molar-refractivity contribution in [2.24, 2.45) is 0 Å². The summed E-state index contributed by atoms with van der Waals surface area (Å²) in [5.74, 6) is -3.19. The number of hydrogen-bond donors (Lipinski definition) is 3. The van der Waals surface area contributed by atoms with Crippen molar-refractivity contribution in [2.75, 3.05) is 20.2 Å². The lowest BCUT2D eigenvalue weighted by molar-refractivity contribution is -0.145. The van der Waals surface area contributed by atoms with Crippen LogP contribution in [0.2, 0.25) is 0 Å². The second-order valence-electron chi connectivity index (χ2n) is 7.39. The molecule has 5 amide bonds. The van der Waals surface area contributed by atoms with Crippen LogP contribution in [0.4, 0.5) is 0 Å². The first-order chi connectivity index (χ1) is 15.6. The van der Waals surface area contributed by atoms with E-state index in [1.54, 1.807) is 0 Å². The van der Waals surface area contributed by atoms with Crippen molar-refractivity contribution in [3.63, 3.8) is 0 Å². The topological polar surface area (TPSA) is 151 Å². The highest BCUT2D eigenvalue weighted by Crippen LogP contribution is 2.30. The Balaban J connectivity index is 2.92. The van der Waals surface area contributed by atoms with E-state index in [0.29, 0.717) is 6.29 Å². The first-order valence-corrected chi connectivity index (χ1v) is 10.4. The SMILES string of the molecule is C=C/C(OCC(=O)NCCC(=O)NC(C)C)=C1\C(=C)C(=O)N(C(CCC=O)C(=O)NC)C1=O. The molecule has 1 fully saturated rings. The van der Waals surface area contributed by atoms with E-state index in [1.807, 2.05) is 13.8 Å². The molecule has 180 valence electrons. The summed E-state index contributed by atoms with van der Waals surface area (Å²) in [6, 6.07) is -1.22. The van der Waals surface area contributed by atoms with Crippen LogP contribution in [-0.4, -0.2) is 73.0 Å². The molecule has 0 saturated carbocycles. The van der Waals surface area contributed by atoms with Gasteiger partial charge in [-0.1, -0.05) is 13.2 Å². The fraction of sp³-hybridized carbons (Fsp3) is 0.455. The number of nitrogens with one attached hydrogen (secondary N) is 3. The molecule has 1 aliphatic heterocycles. The smallest absolute Gasteiger partial charge is 0.266 e. The van der Waals surface area contributed by atoms with Gasteiger partial charge in [0.15, 0.2) is 6.61 Å². The van der Waals surface area contributed by atoms with E-state index in [1.165, 1.54) is 7.05 Å². The lowest BCUT2D eigenvalue weighted by Gasteiger charge is -2.23. The lowest BCUT2D eigenvalue weighted by Crippen LogP contribution is -2.48. The van der Waals surface area contributed by atoms with Crippen LogP contribution in [0.15, 0.2) is 36.1 Å². The van der Waals surface area contributed by atoms with Crippen molar-refractivity contribution < 1.29 is 33.5 Å². The number of hydrogen-bond acceptors (Lipinski definition) is 7. The summed E-state index contributed by atoms with van der Waals surface area (Å²) in [5, 5.41) is 7.56. The molecule has 0 aromatic rings. The van der Waals surface area contributed by atoms with Gasteiger partial charge in [0.05, 0.1) is 5.57 Å². The quantitative estimate of drug-likeness (QED) is 0.144. The number of imide groups is 1. The fourth-order valence-corrected chi connectivity index (χ4v) is 3.04. The molecule has 0 aromatic carbocycles. The summed E-state index contributed by atoms with van der Waals surface area (Å²) in [6.07, 6.45) is 1.72. The van der Waals surface area contributed by atoms with E-state index >= 15 is 0 Å². The monoisotopic (exact) mass is 462 g/mol. The molecule has 11 heteroatoms. The lowest BCUT2D eigenvalue weighted by atomic mass is 10.1. The van der Waals surface area contributed by atoms with Crippen LogP contribution in [0.5, 0.6) is 0 Å². The highest BCUT2D eigenvalue weighted by atomic mass is 16.5. The molecule has 3 N–H and O–H groups in total. The molecule has 1 saturated heterocycles. The van der Waals surface area contributed by atoms with Gasteiger partial charge in [0.25, 0.3) is 17.7 Å². The average Bonchev–Trinajstić information content (AvgIpc) is 2.97. The Labute approximate surface area is 192 Å². The molecule has 1 rings (SSSR count). The molecule has 0 radical (unpaired) electrons. The van der Waals surface area contributed by atoms with Crippen molar-refractivity contribution in [3.05, 3.63) is 36.1 Å². The van der Waals surface area contributed by atoms with E-state index in [0.717, 1.165) is 11.0 Å². The molecule has 1 unspecified atom stereocenters. The van der Waals surface area contributed by atoms with Gasteiger partial charge in [-0.15, -0.1) is 0 Å². The number of allylic oxidation sites excluding steroid dienone is 1. The summed E-state index contributed by atoms with van der Waals surface area (Å²) in [5.41, 5.74) is -0.445. The largest absolute Gasteiger partial charge is 0.483 e. The Morgan fingerprint density at radius 1 is 1.15 bits per heavy atom. The van der Waals surface area contributed by atoms with Crippen molar-refractivity contribution >= 4 is 35.8 Å². The van der Waals surface area contributed by atoms with Gasteiger partial charge < -0.3 is 25.5 Å². The molecule has 33 heavy (non-hydrogen) atoms. The second kappa shape index (κ2) is 12.9. The number of carbonyl (C=O) groups is 6. The molecule has 0 spiro atoms. The number of nitrogens with zero attached hydrogens (tertiary/aromatic N) is 1. The van der Waals surface area contributed by atoms with Crippen LogP contribution in [0, 0.1) is 0 Å². The van der Waals surface area contributed by atoms with E-state index in [2.05, 4.69) is 29.1 Å². The van der Waals surface area contributed by atoms with Gasteiger partial charge in [0.2, 0.25) is 11.8 Å². The van der Waals surface area contributed by atoms with Crippen LogP contribution in [-0.2, 0) is 33.5 Å². The molecule has 0 aromatic heterocycles. The van der Waals surface area contributed by atoms with Crippen LogP contribution in [0.1, 0.15) is 33.1 Å². The van der Waals surface area contributed by atoms with Gasteiger partial charge in [-0.2, -0.15) is 0 Å². The number of rotatable bonds is 13. The number of carbonyl (C=O) groups excluding carboxylic acids is 6. The maximum atomic E-state index is 13.0. The summed E-state index contributed by atoms with van der Waals surface area (Å²) in [4.78, 5) is 73.0. The molecular formula is C22H30N4O7. The molecule has 1 aliphatic rings. The first-order valence-electron chi connectivity index (χ1n) is 10.4. The normalized spacial score (nSPS) is 15.8. The Bertz CT molecular complexity index is 876. The van der Waals surface area contributed by atoms with Gasteiger partial charge in [-0.05, 0) is 26.3 Å². The van der Waals surface area contributed by atoms with Crippen LogP contribution in [0.25, 0.3) is 0 Å². The Kier molecular flexibility index (Phi) is 10.7. The Hall–Kier alpha value is -3.76. The second-order valence-corrected chi connectivity index (χ2v) is 7.39. The van der Waals surface area contributed by atoms with Gasteiger partial charge in [0.1, 0.15) is 18.1 Å². The van der Waals surface area contributed by atoms with Gasteiger partial charge in [-0.25, -0.2) is 0 Å². The molecular weight excluding hydrogens is 432 g/mol. The van der Waals surface area contributed by atoms with E-state index in [9.17, 15) is 28.8 Å². The molecule has 11 nitrogen and oxygen atoms in total. The summed E-state index contributed by atoms with van der Waals surface area (Å²) in [7, 11) is 1.34. The zero-order valence-corrected chi connectivity index (χ0v) is 19.1. The van der Waals surface area contributed by atoms with E-state index in [4.69, 9.17) is 4.74 Å². The van der Waals surface area contributed by atoms with Gasteiger partial charge in [0, 0.05) is 38.0 Å². The first kappa shape index (κ1) is 27.3. The predicted molar refractivity (Wildman–Crippen MR) is 118 cm³/mol. The molecule has 1 heterocycles. The number of aldehydes is 1. The number of amides is 5. The fourth-order valence-electron chi connectivity index (χ4n) is 3.04. The molecule has 0 aliphatic carbocycles. The highest BCUT2D eigenvalue weighted by Gasteiger charge is 2.45. The minimum atomic E-state index is -1.21. The average molecular weight is 463 g/mol. The summed E-state index contributed by atoms with van der Waals surface area (Å²) >= 11 is 0. The van der Waals surface area contributed by atoms with Gasteiger partial charge >= 0.3 is 0 Å². The third kappa shape index (κ3) is 7.41. The predicted octanol–water partition coefficient (Wildman–Crippen LogP) is -0.507.